The topological polar surface area (TPSA) is 119 Å². The Morgan fingerprint density at radius 2 is 1.16 bits per heavy atom. The van der Waals surface area contributed by atoms with Crippen molar-refractivity contribution in [3.8, 4) is 0 Å². The molecule has 0 unspecified atom stereocenters. The molecule has 0 aliphatic heterocycles. The second kappa shape index (κ2) is 12.9. The maximum Gasteiger partial charge on any atom is 3.00 e. The molecule has 3 rings (SSSR count). The summed E-state index contributed by atoms with van der Waals surface area (Å²) in [5.41, 5.74) is 6.40. The molecule has 3 heterocycles. The molecule has 0 fully saturated rings. The molecule has 0 saturated carbocycles. The van der Waals surface area contributed by atoms with Crippen LogP contribution in [0.2, 0.25) is 0 Å². The van der Waals surface area contributed by atoms with Gasteiger partial charge in [0.1, 0.15) is 0 Å². The van der Waals surface area contributed by atoms with Crippen LogP contribution in [0.25, 0.3) is 0 Å². The molecule has 0 spiro atoms. The van der Waals surface area contributed by atoms with Gasteiger partial charge in [-0.05, 0) is 83.7 Å². The second-order valence-electron chi connectivity index (χ2n) is 7.19. The molecule has 0 N–H and O–H groups in total. The molecule has 3 aromatic rings. The molecule has 0 atom stereocenters. The van der Waals surface area contributed by atoms with Crippen LogP contribution in [0.3, 0.4) is 0 Å². The summed E-state index contributed by atoms with van der Waals surface area (Å²) in [6, 6.07) is 6.22. The average molecular weight is 615 g/mol. The molecule has 3 aromatic heterocycles. The molecule has 11 heteroatoms. The molecular weight excluding hydrogens is 587 g/mol. The Hall–Kier alpha value is -2.84. The molecule has 171 valence electrons. The van der Waals surface area contributed by atoms with E-state index in [1.807, 2.05) is 34.5 Å². The third-order valence-electron chi connectivity index (χ3n) is 4.41. The Morgan fingerprint density at radius 1 is 0.875 bits per heavy atom. The Kier molecular flexibility index (Phi) is 11.7. The molecule has 0 bridgehead atoms. The summed E-state index contributed by atoms with van der Waals surface area (Å²) >= 11 is 0. The molecule has 0 aromatic carbocycles. The SMILES string of the molecule is C=C([O-])/C(C)=C\[O-].Cc1cc(C)n([B-](n2nc(C)cc2C)n2nc(C)cc2C)n1.[C-]#[O+].[Ir+3]. The standard InChI is InChI=1S/C15H21BN6.C5H8O2.CO.Ir/c1-10-7-13(4)20(17-10)16(21-14(5)8-11(2)18-21)22-15(6)9-12(3)19-22;1-4(3-6)5(2)7;1-2;/h7-9H,1-6H3;3,6-7H,2H2,1H3;;/q-1;;;+3/p-2/b;4-3-;;. The van der Waals surface area contributed by atoms with E-state index in [1.54, 1.807) is 0 Å². The zero-order chi connectivity index (χ0) is 23.9. The predicted octanol–water partition coefficient (Wildman–Crippen LogP) is 1.14. The van der Waals surface area contributed by atoms with Crippen LogP contribution >= 0.6 is 0 Å². The van der Waals surface area contributed by atoms with Crippen molar-refractivity contribution in [2.75, 3.05) is 0 Å². The van der Waals surface area contributed by atoms with E-state index in [4.69, 9.17) is 4.65 Å². The molecule has 0 amide bonds. The summed E-state index contributed by atoms with van der Waals surface area (Å²) in [5.74, 6) is -0.407. The number of aromatic nitrogens is 6. The maximum atomic E-state index is 10.00. The van der Waals surface area contributed by atoms with Crippen LogP contribution in [0.5, 0.6) is 0 Å². The fourth-order valence-corrected chi connectivity index (χ4v) is 3.02. The molecule has 32 heavy (non-hydrogen) atoms. The van der Waals surface area contributed by atoms with Crippen LogP contribution < -0.4 is 10.2 Å². The monoisotopic (exact) mass is 615 g/mol. The normalized spacial score (nSPS) is 10.5. The molecule has 9 nitrogen and oxygen atoms in total. The van der Waals surface area contributed by atoms with E-state index in [2.05, 4.69) is 67.5 Å². The van der Waals surface area contributed by atoms with E-state index >= 15 is 0 Å². The van der Waals surface area contributed by atoms with Crippen molar-refractivity contribution in [2.45, 2.75) is 48.5 Å². The molecule has 1 radical (unpaired) electrons. The summed E-state index contributed by atoms with van der Waals surface area (Å²) in [6.07, 6.45) is 0.495. The van der Waals surface area contributed by atoms with Gasteiger partial charge in [0, 0.05) is 0 Å². The first-order valence-corrected chi connectivity index (χ1v) is 9.48. The van der Waals surface area contributed by atoms with Gasteiger partial charge in [-0.3, -0.25) is 0 Å². The summed E-state index contributed by atoms with van der Waals surface area (Å²) in [4.78, 5) is 0. The summed E-state index contributed by atoms with van der Waals surface area (Å²) in [7, 11) is -0.226. The van der Waals surface area contributed by atoms with Crippen molar-refractivity contribution >= 4 is 7.12 Å². The van der Waals surface area contributed by atoms with E-state index in [0.717, 1.165) is 34.2 Å². The summed E-state index contributed by atoms with van der Waals surface area (Å²) < 4.78 is 13.4. The Morgan fingerprint density at radius 3 is 1.28 bits per heavy atom. The van der Waals surface area contributed by atoms with Crippen LogP contribution in [0.1, 0.15) is 41.1 Å². The van der Waals surface area contributed by atoms with E-state index in [9.17, 15) is 10.2 Å². The third-order valence-corrected chi connectivity index (χ3v) is 4.41. The van der Waals surface area contributed by atoms with E-state index in [1.165, 1.54) is 6.92 Å². The Labute approximate surface area is 202 Å². The second-order valence-corrected chi connectivity index (χ2v) is 7.19. The van der Waals surface area contributed by atoms with Crippen molar-refractivity contribution in [1.82, 2.24) is 29.1 Å². The number of hydrogen-bond acceptors (Lipinski definition) is 5. The van der Waals surface area contributed by atoms with Gasteiger partial charge in [-0.25, -0.2) is 15.3 Å². The van der Waals surface area contributed by atoms with Gasteiger partial charge >= 0.3 is 31.4 Å². The number of hydrogen-bond donors (Lipinski definition) is 0. The number of nitrogens with zero attached hydrogens (tertiary/aromatic N) is 6. The zero-order valence-electron chi connectivity index (χ0n) is 19.3. The minimum atomic E-state index is -0.407. The Balaban J connectivity index is 0.000000829. The van der Waals surface area contributed by atoms with Crippen LogP contribution in [-0.2, 0) is 24.8 Å². The van der Waals surface area contributed by atoms with E-state index in [0.29, 0.717) is 6.26 Å². The summed E-state index contributed by atoms with van der Waals surface area (Å²) in [6.45, 7) is 21.1. The number of aryl methyl sites for hydroxylation is 6. The molecule has 0 saturated heterocycles. The largest absolute Gasteiger partial charge is 3.00 e. The first kappa shape index (κ1) is 29.2. The first-order chi connectivity index (χ1) is 14.5. The maximum absolute atomic E-state index is 10.00. The third kappa shape index (κ3) is 7.10. The number of allylic oxidation sites excluding steroid dienone is 1. The fourth-order valence-electron chi connectivity index (χ4n) is 3.02. The van der Waals surface area contributed by atoms with Gasteiger partial charge in [0.15, 0.2) is 0 Å². The van der Waals surface area contributed by atoms with E-state index < -0.39 is 5.76 Å². The van der Waals surface area contributed by atoms with Crippen LogP contribution in [0, 0.1) is 48.2 Å². The van der Waals surface area contributed by atoms with Crippen molar-refractivity contribution < 1.29 is 35.0 Å². The van der Waals surface area contributed by atoms with Crippen LogP contribution in [0.4, 0.5) is 0 Å². The van der Waals surface area contributed by atoms with Crippen molar-refractivity contribution in [1.29, 1.82) is 0 Å². The zero-order valence-corrected chi connectivity index (χ0v) is 21.7. The number of rotatable bonds is 4. The Bertz CT molecular complexity index is 987. The quantitative estimate of drug-likeness (QED) is 0.144. The van der Waals surface area contributed by atoms with Gasteiger partial charge in [0.05, 0.1) is 17.1 Å². The van der Waals surface area contributed by atoms with Crippen molar-refractivity contribution in [3.63, 3.8) is 0 Å². The van der Waals surface area contributed by atoms with Gasteiger partial charge in [0.2, 0.25) is 0 Å². The molecule has 0 aliphatic carbocycles. The van der Waals surface area contributed by atoms with Gasteiger partial charge < -0.3 is 24.0 Å². The average Bonchev–Trinajstić information content (AvgIpc) is 3.33. The summed E-state index contributed by atoms with van der Waals surface area (Å²) in [5, 5.41) is 33.6. The van der Waals surface area contributed by atoms with Gasteiger partial charge in [0.25, 0.3) is 7.12 Å². The van der Waals surface area contributed by atoms with Crippen LogP contribution in [0.15, 0.2) is 42.4 Å². The van der Waals surface area contributed by atoms with Gasteiger partial charge in [-0.2, -0.15) is 0 Å². The minimum absolute atomic E-state index is 0. The minimum Gasteiger partial charge on any atom is 3.00 e. The van der Waals surface area contributed by atoms with Crippen molar-refractivity contribution in [2.24, 2.45) is 0 Å². The van der Waals surface area contributed by atoms with Crippen LogP contribution in [-0.4, -0.2) is 36.2 Å². The van der Waals surface area contributed by atoms with Crippen molar-refractivity contribution in [3.05, 3.63) is 83.2 Å². The fraction of sp³-hybridized carbons (Fsp3) is 0.333. The predicted molar refractivity (Wildman–Crippen MR) is 114 cm³/mol. The van der Waals surface area contributed by atoms with Gasteiger partial charge in [-0.15, -0.1) is 18.6 Å². The smallest absolute Gasteiger partial charge is 3.00 e. The van der Waals surface area contributed by atoms with E-state index in [-0.39, 0.29) is 32.8 Å². The van der Waals surface area contributed by atoms with Gasteiger partial charge in [-0.1, -0.05) is 5.57 Å². The first-order valence-electron chi connectivity index (χ1n) is 9.48. The molecule has 0 aliphatic rings. The molecular formula is C21H27BIrN6O3.